The van der Waals surface area contributed by atoms with E-state index in [2.05, 4.69) is 14.9 Å². The third-order valence-electron chi connectivity index (χ3n) is 3.66. The monoisotopic (exact) mass is 359 g/mol. The second kappa shape index (κ2) is 6.86. The molecule has 0 fully saturated rings. The molecule has 0 saturated carbocycles. The number of methoxy groups -OCH3 is 2. The van der Waals surface area contributed by atoms with E-state index in [1.807, 2.05) is 24.3 Å². The first-order valence-electron chi connectivity index (χ1n) is 7.38. The van der Waals surface area contributed by atoms with Gasteiger partial charge in [-0.15, -0.1) is 0 Å². The Morgan fingerprint density at radius 2 is 1.92 bits per heavy atom. The van der Waals surface area contributed by atoms with Crippen LogP contribution in [0.3, 0.4) is 0 Å². The Morgan fingerprint density at radius 1 is 1.12 bits per heavy atom. The summed E-state index contributed by atoms with van der Waals surface area (Å²) < 4.78 is 35.2. The van der Waals surface area contributed by atoms with Crippen LogP contribution < -0.4 is 14.3 Å². The van der Waals surface area contributed by atoms with Crippen LogP contribution in [0, 0.1) is 0 Å². The Morgan fingerprint density at radius 3 is 2.68 bits per heavy atom. The molecule has 0 atom stereocenters. The first kappa shape index (κ1) is 16.8. The fourth-order valence-electron chi connectivity index (χ4n) is 2.41. The number of para-hydroxylation sites is 1. The molecule has 0 amide bonds. The van der Waals surface area contributed by atoms with Crippen molar-refractivity contribution in [2.24, 2.45) is 5.10 Å². The highest BCUT2D eigenvalue weighted by atomic mass is 32.2. The number of sulfonamides is 1. The van der Waals surface area contributed by atoms with Gasteiger partial charge < -0.3 is 14.5 Å². The van der Waals surface area contributed by atoms with Crippen molar-refractivity contribution in [1.82, 2.24) is 9.82 Å². The molecular formula is C17H17N3O4S. The standard InChI is InChI=1S/C17H17N3O4S/c1-23-13-7-8-16(24-2)17(9-13)25(21,22)20-19-11-12-10-18-15-6-4-3-5-14(12)15/h3-11,18,20H,1-2H3. The van der Waals surface area contributed by atoms with Gasteiger partial charge in [0.05, 0.1) is 20.4 Å². The normalized spacial score (nSPS) is 11.8. The average Bonchev–Trinajstić information content (AvgIpc) is 3.04. The molecule has 3 rings (SSSR count). The molecule has 0 unspecified atom stereocenters. The summed E-state index contributed by atoms with van der Waals surface area (Å²) in [5.41, 5.74) is 1.72. The summed E-state index contributed by atoms with van der Waals surface area (Å²) in [7, 11) is -1.05. The molecule has 8 heteroatoms. The molecule has 2 N–H and O–H groups in total. The Balaban J connectivity index is 1.87. The number of rotatable bonds is 6. The quantitative estimate of drug-likeness (QED) is 0.522. The second-order valence-corrected chi connectivity index (χ2v) is 6.79. The van der Waals surface area contributed by atoms with Crippen LogP contribution in [0.25, 0.3) is 10.9 Å². The maximum Gasteiger partial charge on any atom is 0.280 e. The Labute approximate surface area is 145 Å². The van der Waals surface area contributed by atoms with E-state index in [0.717, 1.165) is 16.5 Å². The highest BCUT2D eigenvalue weighted by molar-refractivity contribution is 7.89. The van der Waals surface area contributed by atoms with E-state index in [0.29, 0.717) is 5.75 Å². The molecule has 0 spiro atoms. The van der Waals surface area contributed by atoms with Gasteiger partial charge in [0, 0.05) is 28.7 Å². The van der Waals surface area contributed by atoms with E-state index in [1.165, 1.54) is 32.6 Å². The number of fused-ring (bicyclic) bond motifs is 1. The molecule has 2 aromatic carbocycles. The van der Waals surface area contributed by atoms with Crippen molar-refractivity contribution >= 4 is 27.1 Å². The van der Waals surface area contributed by atoms with Gasteiger partial charge in [-0.3, -0.25) is 0 Å². The van der Waals surface area contributed by atoms with Gasteiger partial charge in [-0.05, 0) is 18.2 Å². The lowest BCUT2D eigenvalue weighted by atomic mass is 10.2. The van der Waals surface area contributed by atoms with Crippen LogP contribution in [0.1, 0.15) is 5.56 Å². The van der Waals surface area contributed by atoms with E-state index in [1.54, 1.807) is 12.3 Å². The topological polar surface area (TPSA) is 92.8 Å². The molecule has 3 aromatic rings. The minimum atomic E-state index is -3.91. The second-order valence-electron chi connectivity index (χ2n) is 5.16. The van der Waals surface area contributed by atoms with Gasteiger partial charge in [0.2, 0.25) is 0 Å². The van der Waals surface area contributed by atoms with E-state index in [4.69, 9.17) is 9.47 Å². The number of nitrogens with one attached hydrogen (secondary N) is 2. The fourth-order valence-corrected chi connectivity index (χ4v) is 3.39. The summed E-state index contributed by atoms with van der Waals surface area (Å²) in [5, 5.41) is 4.81. The highest BCUT2D eigenvalue weighted by Gasteiger charge is 2.20. The first-order chi connectivity index (χ1) is 12.0. The predicted octanol–water partition coefficient (Wildman–Crippen LogP) is 2.50. The molecule has 0 saturated heterocycles. The Hall–Kier alpha value is -3.00. The molecule has 0 radical (unpaired) electrons. The van der Waals surface area contributed by atoms with Crippen molar-refractivity contribution in [3.05, 3.63) is 54.2 Å². The molecule has 0 aliphatic heterocycles. The van der Waals surface area contributed by atoms with Crippen LogP contribution in [-0.2, 0) is 10.0 Å². The minimum absolute atomic E-state index is 0.0505. The number of benzene rings is 2. The average molecular weight is 359 g/mol. The summed E-state index contributed by atoms with van der Waals surface area (Å²) >= 11 is 0. The van der Waals surface area contributed by atoms with Crippen LogP contribution >= 0.6 is 0 Å². The summed E-state index contributed by atoms with van der Waals surface area (Å²) in [4.78, 5) is 5.24. The smallest absolute Gasteiger partial charge is 0.280 e. The molecular weight excluding hydrogens is 342 g/mol. The summed E-state index contributed by atoms with van der Waals surface area (Å²) in [6.07, 6.45) is 3.21. The lowest BCUT2D eigenvalue weighted by Gasteiger charge is -2.10. The van der Waals surface area contributed by atoms with Crippen molar-refractivity contribution in [2.45, 2.75) is 4.90 Å². The third kappa shape index (κ3) is 3.43. The Kier molecular flexibility index (Phi) is 4.62. The Bertz CT molecular complexity index is 1030. The molecule has 1 aromatic heterocycles. The van der Waals surface area contributed by atoms with E-state index >= 15 is 0 Å². The number of H-pyrrole nitrogens is 1. The number of hydrogen-bond donors (Lipinski definition) is 2. The maximum atomic E-state index is 12.5. The number of ether oxygens (including phenoxy) is 2. The number of aromatic amines is 1. The van der Waals surface area contributed by atoms with Gasteiger partial charge in [-0.25, -0.2) is 0 Å². The molecule has 7 nitrogen and oxygen atoms in total. The molecule has 0 aliphatic rings. The predicted molar refractivity (Wildman–Crippen MR) is 95.8 cm³/mol. The lowest BCUT2D eigenvalue weighted by molar-refractivity contribution is 0.392. The molecule has 130 valence electrons. The zero-order valence-corrected chi connectivity index (χ0v) is 14.5. The highest BCUT2D eigenvalue weighted by Crippen LogP contribution is 2.28. The van der Waals surface area contributed by atoms with Crippen molar-refractivity contribution in [3.8, 4) is 11.5 Å². The van der Waals surface area contributed by atoms with Gasteiger partial charge in [-0.1, -0.05) is 18.2 Å². The number of hydrazone groups is 1. The van der Waals surface area contributed by atoms with Gasteiger partial charge in [-0.2, -0.15) is 18.4 Å². The molecule has 1 heterocycles. The summed E-state index contributed by atoms with van der Waals surface area (Å²) in [5.74, 6) is 0.609. The zero-order valence-electron chi connectivity index (χ0n) is 13.7. The molecule has 25 heavy (non-hydrogen) atoms. The van der Waals surface area contributed by atoms with Crippen molar-refractivity contribution in [3.63, 3.8) is 0 Å². The van der Waals surface area contributed by atoms with Crippen molar-refractivity contribution < 1.29 is 17.9 Å². The largest absolute Gasteiger partial charge is 0.497 e. The zero-order chi connectivity index (χ0) is 17.9. The van der Waals surface area contributed by atoms with Crippen LogP contribution in [0.2, 0.25) is 0 Å². The molecule has 0 bridgehead atoms. The third-order valence-corrected chi connectivity index (χ3v) is 4.90. The van der Waals surface area contributed by atoms with Gasteiger partial charge in [0.1, 0.15) is 16.4 Å². The van der Waals surface area contributed by atoms with Crippen molar-refractivity contribution in [2.75, 3.05) is 14.2 Å². The van der Waals surface area contributed by atoms with Gasteiger partial charge in [0.15, 0.2) is 0 Å². The van der Waals surface area contributed by atoms with E-state index < -0.39 is 10.0 Å². The van der Waals surface area contributed by atoms with E-state index in [9.17, 15) is 8.42 Å². The minimum Gasteiger partial charge on any atom is -0.497 e. The SMILES string of the molecule is COc1ccc(OC)c(S(=O)(=O)NN=Cc2c[nH]c3ccccc23)c1. The number of nitrogens with zero attached hydrogens (tertiary/aromatic N) is 1. The van der Waals surface area contributed by atoms with Crippen molar-refractivity contribution in [1.29, 1.82) is 0 Å². The van der Waals surface area contributed by atoms with E-state index in [-0.39, 0.29) is 10.6 Å². The first-order valence-corrected chi connectivity index (χ1v) is 8.86. The summed E-state index contributed by atoms with van der Waals surface area (Å²) in [6.45, 7) is 0. The fraction of sp³-hybridized carbons (Fsp3) is 0.118. The van der Waals surface area contributed by atoms with Gasteiger partial charge in [0.25, 0.3) is 10.0 Å². The number of aromatic nitrogens is 1. The van der Waals surface area contributed by atoms with Crippen LogP contribution in [0.15, 0.2) is 58.7 Å². The summed E-state index contributed by atoms with van der Waals surface area (Å²) in [6, 6.07) is 12.2. The number of hydrogen-bond acceptors (Lipinski definition) is 5. The molecule has 0 aliphatic carbocycles. The van der Waals surface area contributed by atoms with Crippen LogP contribution in [-0.4, -0.2) is 33.8 Å². The van der Waals surface area contributed by atoms with Gasteiger partial charge >= 0.3 is 0 Å². The van der Waals surface area contributed by atoms with Crippen LogP contribution in [0.4, 0.5) is 0 Å². The lowest BCUT2D eigenvalue weighted by Crippen LogP contribution is -2.19. The maximum absolute atomic E-state index is 12.5. The van der Waals surface area contributed by atoms with Crippen LogP contribution in [0.5, 0.6) is 11.5 Å².